The van der Waals surface area contributed by atoms with Gasteiger partial charge >= 0.3 is 6.18 Å². The van der Waals surface area contributed by atoms with E-state index >= 15 is 0 Å². The Morgan fingerprint density at radius 1 is 1.07 bits per heavy atom. The fraction of sp³-hybridized carbons (Fsp3) is 0.424. The number of carbonyl (C=O) groups excluding carboxylic acids is 3. The van der Waals surface area contributed by atoms with Gasteiger partial charge in [0, 0.05) is 14.8 Å². The monoisotopic (exact) mass is 621 g/mol. The number of ketones is 3. The van der Waals surface area contributed by atoms with Crippen LogP contribution in [0, 0.1) is 17.8 Å². The van der Waals surface area contributed by atoms with Gasteiger partial charge in [-0.1, -0.05) is 31.5 Å². The zero-order valence-electron chi connectivity index (χ0n) is 25.1. The lowest BCUT2D eigenvalue weighted by molar-refractivity contribution is -0.137. The summed E-state index contributed by atoms with van der Waals surface area (Å²) in [4.78, 5) is 38.4. The van der Waals surface area contributed by atoms with E-state index in [0.717, 1.165) is 31.9 Å². The predicted octanol–water partition coefficient (Wildman–Crippen LogP) is 6.07. The topological polar surface area (TPSA) is 144 Å². The quantitative estimate of drug-likeness (QED) is 0.262. The molecule has 3 aliphatic rings. The summed E-state index contributed by atoms with van der Waals surface area (Å²) in [6.45, 7) is 3.52. The number of alkyl halides is 3. The molecule has 44 heavy (non-hydrogen) atoms. The van der Waals surface area contributed by atoms with Crippen molar-refractivity contribution in [2.24, 2.45) is 17.8 Å². The largest absolute Gasteiger partial charge is 0.511 e. The number of nitrogens with one attached hydrogen (secondary N) is 1. The Balaban J connectivity index is 0.00000170. The number of carbonyl (C=O) groups is 3. The second-order valence-electron chi connectivity index (χ2n) is 11.2. The van der Waals surface area contributed by atoms with Gasteiger partial charge in [-0.15, -0.1) is 0 Å². The lowest BCUT2D eigenvalue weighted by Crippen LogP contribution is -2.43. The number of fused-ring (bicyclic) bond motifs is 3. The number of hydrogen-bond acceptors (Lipinski definition) is 7. The second-order valence-corrected chi connectivity index (χ2v) is 11.2. The van der Waals surface area contributed by atoms with Gasteiger partial charge in [0.25, 0.3) is 0 Å². The first kappa shape index (κ1) is 34.5. The smallest absolute Gasteiger partial charge is 0.416 e. The lowest BCUT2D eigenvalue weighted by atomic mass is 9.61. The molecule has 11 heteroatoms. The Bertz CT molecular complexity index is 1500. The van der Waals surface area contributed by atoms with E-state index in [1.165, 1.54) is 12.1 Å². The number of hydrogen-bond donors (Lipinski definition) is 3. The van der Waals surface area contributed by atoms with Crippen molar-refractivity contribution >= 4 is 23.1 Å². The van der Waals surface area contributed by atoms with E-state index in [1.54, 1.807) is 12.1 Å². The van der Waals surface area contributed by atoms with Gasteiger partial charge in [-0.05, 0) is 87.0 Å². The van der Waals surface area contributed by atoms with Crippen LogP contribution in [0.25, 0.3) is 16.9 Å². The number of rotatable bonds is 6. The van der Waals surface area contributed by atoms with Crippen LogP contribution < -0.4 is 10.1 Å². The summed E-state index contributed by atoms with van der Waals surface area (Å²) in [5.74, 6) is -4.28. The molecule has 0 radical (unpaired) electrons. The summed E-state index contributed by atoms with van der Waals surface area (Å²) in [6, 6.07) is 8.13. The number of Topliss-reactive ketones (excluding diaryl/α,β-unsaturated/α-hetero) is 3. The summed E-state index contributed by atoms with van der Waals surface area (Å²) >= 11 is 0. The number of halogens is 3. The van der Waals surface area contributed by atoms with Crippen molar-refractivity contribution in [2.75, 3.05) is 20.7 Å². The second kappa shape index (κ2) is 13.8. The molecule has 0 spiro atoms. The van der Waals surface area contributed by atoms with Crippen molar-refractivity contribution in [1.29, 1.82) is 0 Å². The Hall–Kier alpha value is -3.96. The molecule has 5 N–H and O–H groups in total. The van der Waals surface area contributed by atoms with Gasteiger partial charge in [-0.3, -0.25) is 14.4 Å². The van der Waals surface area contributed by atoms with E-state index in [4.69, 9.17) is 4.74 Å². The van der Waals surface area contributed by atoms with Crippen molar-refractivity contribution < 1.29 is 50.8 Å². The summed E-state index contributed by atoms with van der Waals surface area (Å²) < 4.78 is 45.5. The van der Waals surface area contributed by atoms with Crippen LogP contribution >= 0.6 is 0 Å². The summed E-state index contributed by atoms with van der Waals surface area (Å²) in [7, 11) is 3.75. The molecule has 0 bridgehead atoms. The molecule has 8 nitrogen and oxygen atoms in total. The molecule has 242 valence electrons. The van der Waals surface area contributed by atoms with Crippen LogP contribution in [0.5, 0.6) is 5.75 Å². The number of ether oxygens (including phenoxy) is 1. The molecule has 1 fully saturated rings. The van der Waals surface area contributed by atoms with Gasteiger partial charge in [0.05, 0.1) is 29.2 Å². The first-order valence-corrected chi connectivity index (χ1v) is 14.3. The predicted molar refractivity (Wildman–Crippen MR) is 163 cm³/mol. The minimum atomic E-state index is -4.48. The molecule has 3 unspecified atom stereocenters. The third-order valence-electron chi connectivity index (χ3n) is 8.14. The maximum atomic E-state index is 13.8. The Morgan fingerprint density at radius 2 is 1.70 bits per heavy atom. The van der Waals surface area contributed by atoms with Gasteiger partial charge in [-0.2, -0.15) is 13.2 Å². The summed E-state index contributed by atoms with van der Waals surface area (Å²) in [5, 5.41) is 25.2. The summed E-state index contributed by atoms with van der Waals surface area (Å²) in [5.41, 5.74) is 1.03. The molecule has 1 saturated carbocycles. The number of allylic oxidation sites excluding steroid dienone is 3. The van der Waals surface area contributed by atoms with Gasteiger partial charge in [0.2, 0.25) is 0 Å². The molecule has 5 rings (SSSR count). The molecule has 0 aliphatic heterocycles. The van der Waals surface area contributed by atoms with E-state index in [0.29, 0.717) is 41.0 Å². The average Bonchev–Trinajstić information content (AvgIpc) is 2.92. The normalized spacial score (nSPS) is 20.9. The minimum absolute atomic E-state index is 0. The third kappa shape index (κ3) is 6.44. The van der Waals surface area contributed by atoms with E-state index in [2.05, 4.69) is 5.32 Å². The minimum Gasteiger partial charge on any atom is -0.511 e. The molecule has 2 aromatic rings. The van der Waals surface area contributed by atoms with Crippen LogP contribution in [0.1, 0.15) is 59.1 Å². The molecular weight excluding hydrogens is 579 g/mol. The molecule has 0 amide bonds. The zero-order valence-corrected chi connectivity index (χ0v) is 25.1. The van der Waals surface area contributed by atoms with Crippen LogP contribution in [0.15, 0.2) is 53.3 Å². The van der Waals surface area contributed by atoms with Crippen LogP contribution in [-0.2, 0) is 27.0 Å². The fourth-order valence-corrected chi connectivity index (χ4v) is 6.30. The van der Waals surface area contributed by atoms with Crippen molar-refractivity contribution in [3.05, 3.63) is 70.0 Å². The van der Waals surface area contributed by atoms with E-state index in [9.17, 15) is 37.8 Å². The van der Waals surface area contributed by atoms with Gasteiger partial charge in [-0.25, -0.2) is 0 Å². The highest BCUT2D eigenvalue weighted by Crippen LogP contribution is 2.51. The van der Waals surface area contributed by atoms with Gasteiger partial charge < -0.3 is 25.7 Å². The number of aliphatic hydroxyl groups excluding tert-OH is 2. The van der Waals surface area contributed by atoms with Crippen LogP contribution in [0.3, 0.4) is 0 Å². The summed E-state index contributed by atoms with van der Waals surface area (Å²) in [6.07, 6.45) is -2.35. The molecular formula is C33H42F3NO7. The molecule has 3 atom stereocenters. The van der Waals surface area contributed by atoms with Gasteiger partial charge in [0.1, 0.15) is 17.3 Å². The van der Waals surface area contributed by atoms with Crippen LogP contribution in [0.4, 0.5) is 13.2 Å². The SMILES string of the molecule is CCCCOc1ccc(-c2ccc(C(F)(F)F)cc2)c2c1C(O)=C1C(=O)C3C(O)=C(C(C)=O)C(=O)CC3CC1C2.CNC.O.[HH].[HH]. The number of benzene rings is 2. The Labute approximate surface area is 256 Å². The molecule has 0 heterocycles. The van der Waals surface area contributed by atoms with Crippen molar-refractivity contribution in [1.82, 2.24) is 5.32 Å². The van der Waals surface area contributed by atoms with Crippen molar-refractivity contribution in [3.8, 4) is 16.9 Å². The first-order valence-electron chi connectivity index (χ1n) is 14.3. The molecule has 0 saturated heterocycles. The maximum Gasteiger partial charge on any atom is 0.416 e. The standard InChI is InChI=1S/C31H29F3O6.C2H7N.H2O.2H2/c1-3-4-11-40-23-10-9-20(16-5-7-19(8-6-16)31(32,33)34)21-13-17-12-18-14-22(36)24(15(2)35)28(37)26(18)29(38)25(17)30(39)27(21)23;1-3-2;;;/h5-10,17-18,26,37,39H,3-4,11-14H2,1-2H3;3H,1-2H3;1H2;2*1H. The molecule has 2 aromatic carbocycles. The Morgan fingerprint density at radius 3 is 2.27 bits per heavy atom. The molecule has 3 aliphatic carbocycles. The molecule has 0 aromatic heterocycles. The lowest BCUT2D eigenvalue weighted by Gasteiger charge is -2.41. The van der Waals surface area contributed by atoms with Crippen molar-refractivity contribution in [2.45, 2.75) is 52.1 Å². The van der Waals surface area contributed by atoms with Crippen LogP contribution in [0.2, 0.25) is 0 Å². The van der Waals surface area contributed by atoms with Crippen LogP contribution in [-0.4, -0.2) is 53.7 Å². The highest BCUT2D eigenvalue weighted by Gasteiger charge is 2.50. The van der Waals surface area contributed by atoms with E-state index in [1.807, 2.05) is 21.0 Å². The highest BCUT2D eigenvalue weighted by atomic mass is 19.4. The number of aliphatic hydroxyl groups is 2. The number of unbranched alkanes of at least 4 members (excludes halogenated alkanes) is 1. The third-order valence-corrected chi connectivity index (χ3v) is 8.14. The maximum absolute atomic E-state index is 13.8. The Kier molecular flexibility index (Phi) is 10.8. The first-order chi connectivity index (χ1) is 20.3. The highest BCUT2D eigenvalue weighted by molar-refractivity contribution is 6.22. The van der Waals surface area contributed by atoms with E-state index in [-0.39, 0.29) is 38.1 Å². The van der Waals surface area contributed by atoms with Crippen molar-refractivity contribution in [3.63, 3.8) is 0 Å². The van der Waals surface area contributed by atoms with E-state index < -0.39 is 52.6 Å². The zero-order chi connectivity index (χ0) is 31.6. The van der Waals surface area contributed by atoms with Gasteiger partial charge in [0.15, 0.2) is 17.3 Å². The fourth-order valence-electron chi connectivity index (χ4n) is 6.30. The average molecular weight is 622 g/mol.